The molecule has 0 bridgehead atoms. The Kier molecular flexibility index (Phi) is 4.98. The molecule has 102 valence electrons. The van der Waals surface area contributed by atoms with Gasteiger partial charge >= 0.3 is 140 Å². The summed E-state index contributed by atoms with van der Waals surface area (Å²) in [5.74, 6) is -0.430. The third kappa shape index (κ3) is 3.47. The molecule has 1 aromatic carbocycles. The molecule has 0 unspecified atom stereocenters. The summed E-state index contributed by atoms with van der Waals surface area (Å²) < 4.78 is 0.663. The fraction of sp³-hybridized carbons (Fsp3) is 0.0769. The van der Waals surface area contributed by atoms with Gasteiger partial charge in [-0.25, -0.2) is 0 Å². The van der Waals surface area contributed by atoms with Gasteiger partial charge in [0.15, 0.2) is 0 Å². The minimum atomic E-state index is -0.430. The van der Waals surface area contributed by atoms with Gasteiger partial charge < -0.3 is 0 Å². The summed E-state index contributed by atoms with van der Waals surface area (Å²) in [5.41, 5.74) is 7.22. The first-order chi connectivity index (χ1) is 9.38. The molecule has 0 saturated heterocycles. The van der Waals surface area contributed by atoms with Gasteiger partial charge in [0, 0.05) is 0 Å². The van der Waals surface area contributed by atoms with Crippen LogP contribution < -0.4 is 10.2 Å². The zero-order valence-corrected chi connectivity index (χ0v) is 14.2. The molecule has 2 N–H and O–H groups in total. The van der Waals surface area contributed by atoms with Crippen molar-refractivity contribution >= 4 is 62.0 Å². The number of nitrogens with zero attached hydrogens (tertiary/aromatic N) is 1. The zero-order valence-electron chi connectivity index (χ0n) is 10.0. The first-order valence-electron chi connectivity index (χ1n) is 5.50. The SMILES string of the molecule is NC(=O)Cc1ccc(-c2cc(Cl)cc(Cl)c2Cl)c([As])n1. The first kappa shape index (κ1) is 15.7. The number of aromatic nitrogens is 1. The summed E-state index contributed by atoms with van der Waals surface area (Å²) in [6.07, 6.45) is 0.0923. The number of nitrogens with two attached hydrogens (primary N) is 1. The van der Waals surface area contributed by atoms with Gasteiger partial charge in [0.2, 0.25) is 0 Å². The summed E-state index contributed by atoms with van der Waals surface area (Å²) in [6.45, 7) is 0. The number of primary amides is 1. The van der Waals surface area contributed by atoms with Gasteiger partial charge in [-0.3, -0.25) is 0 Å². The Bertz CT molecular complexity index is 692. The van der Waals surface area contributed by atoms with Gasteiger partial charge in [0.05, 0.1) is 0 Å². The van der Waals surface area contributed by atoms with E-state index in [0.29, 0.717) is 30.8 Å². The van der Waals surface area contributed by atoms with Crippen LogP contribution in [0.5, 0.6) is 0 Å². The quantitative estimate of drug-likeness (QED) is 0.648. The van der Waals surface area contributed by atoms with Crippen LogP contribution in [0.4, 0.5) is 0 Å². The van der Waals surface area contributed by atoms with Gasteiger partial charge in [0.25, 0.3) is 0 Å². The van der Waals surface area contributed by atoms with Crippen molar-refractivity contribution in [1.29, 1.82) is 0 Å². The molecule has 1 heterocycles. The second-order valence-electron chi connectivity index (χ2n) is 4.07. The number of carbonyl (C=O) groups excluding carboxylic acids is 1. The molecule has 0 atom stereocenters. The molecule has 0 fully saturated rings. The number of carbonyl (C=O) groups is 1. The Morgan fingerprint density at radius 2 is 1.90 bits per heavy atom. The van der Waals surface area contributed by atoms with Crippen LogP contribution in [0.25, 0.3) is 11.1 Å². The van der Waals surface area contributed by atoms with Gasteiger partial charge in [-0.1, -0.05) is 0 Å². The topological polar surface area (TPSA) is 56.0 Å². The van der Waals surface area contributed by atoms with Crippen molar-refractivity contribution < 1.29 is 4.79 Å². The van der Waals surface area contributed by atoms with E-state index >= 15 is 0 Å². The van der Waals surface area contributed by atoms with E-state index in [1.54, 1.807) is 18.2 Å². The number of amides is 1. The van der Waals surface area contributed by atoms with Gasteiger partial charge in [0.1, 0.15) is 0 Å². The van der Waals surface area contributed by atoms with Crippen molar-refractivity contribution in [3.8, 4) is 11.1 Å². The molecule has 2 rings (SSSR count). The first-order valence-corrected chi connectivity index (χ1v) is 7.58. The summed E-state index contributed by atoms with van der Waals surface area (Å²) in [7, 11) is 0. The third-order valence-electron chi connectivity index (χ3n) is 2.57. The van der Waals surface area contributed by atoms with E-state index in [9.17, 15) is 4.79 Å². The molecule has 1 aromatic heterocycles. The number of benzene rings is 1. The number of rotatable bonds is 3. The number of hydrogen-bond donors (Lipinski definition) is 1. The number of pyridine rings is 1. The van der Waals surface area contributed by atoms with Crippen molar-refractivity contribution in [1.82, 2.24) is 4.98 Å². The van der Waals surface area contributed by atoms with Crippen molar-refractivity contribution in [2.45, 2.75) is 6.42 Å². The van der Waals surface area contributed by atoms with E-state index in [1.807, 2.05) is 6.07 Å². The van der Waals surface area contributed by atoms with Crippen LogP contribution in [0.2, 0.25) is 15.1 Å². The van der Waals surface area contributed by atoms with Crippen LogP contribution in [-0.4, -0.2) is 27.7 Å². The van der Waals surface area contributed by atoms with Crippen molar-refractivity contribution in [2.24, 2.45) is 5.73 Å². The minimum absolute atomic E-state index is 0.0923. The normalized spacial score (nSPS) is 10.6. The molecule has 0 saturated carbocycles. The van der Waals surface area contributed by atoms with Crippen LogP contribution in [0.15, 0.2) is 24.3 Å². The molecule has 3 nitrogen and oxygen atoms in total. The number of hydrogen-bond acceptors (Lipinski definition) is 2. The Morgan fingerprint density at radius 1 is 1.20 bits per heavy atom. The molecule has 0 spiro atoms. The van der Waals surface area contributed by atoms with Crippen LogP contribution in [0.1, 0.15) is 5.69 Å². The van der Waals surface area contributed by atoms with Crippen molar-refractivity contribution in [3.05, 3.63) is 45.0 Å². The second-order valence-corrected chi connectivity index (χ2v) is 6.18. The Labute approximate surface area is 139 Å². The average molecular weight is 390 g/mol. The summed E-state index contributed by atoms with van der Waals surface area (Å²) >= 11 is 20.5. The van der Waals surface area contributed by atoms with Crippen molar-refractivity contribution in [3.63, 3.8) is 0 Å². The maximum atomic E-state index is 10.9. The predicted molar refractivity (Wildman–Crippen MR) is 83.0 cm³/mol. The maximum absolute atomic E-state index is 10.9. The van der Waals surface area contributed by atoms with Crippen LogP contribution >= 0.6 is 34.8 Å². The van der Waals surface area contributed by atoms with Crippen molar-refractivity contribution in [2.75, 3.05) is 0 Å². The Balaban J connectivity index is 2.51. The van der Waals surface area contributed by atoms with Crippen LogP contribution in [-0.2, 0) is 11.2 Å². The molecule has 2 aromatic rings. The van der Waals surface area contributed by atoms with E-state index in [-0.39, 0.29) is 6.42 Å². The van der Waals surface area contributed by atoms with E-state index in [0.717, 1.165) is 5.56 Å². The molecular formula is C13H8AsCl3N2O. The third-order valence-corrected chi connectivity index (χ3v) is 4.31. The molecule has 7 heteroatoms. The van der Waals surface area contributed by atoms with E-state index in [4.69, 9.17) is 40.5 Å². The van der Waals surface area contributed by atoms with E-state index < -0.39 is 5.91 Å². The summed E-state index contributed by atoms with van der Waals surface area (Å²) in [5, 5.41) is 1.28. The molecule has 1 amide bonds. The molecule has 20 heavy (non-hydrogen) atoms. The Hall–Kier alpha value is -0.732. The molecule has 0 aliphatic heterocycles. The monoisotopic (exact) mass is 388 g/mol. The summed E-state index contributed by atoms with van der Waals surface area (Å²) in [4.78, 5) is 15.2. The summed E-state index contributed by atoms with van der Waals surface area (Å²) in [6, 6.07) is 6.83. The van der Waals surface area contributed by atoms with Gasteiger partial charge in [-0.05, 0) is 0 Å². The molecule has 0 aliphatic carbocycles. The molecule has 0 aliphatic rings. The average Bonchev–Trinajstić information content (AvgIpc) is 2.33. The van der Waals surface area contributed by atoms with E-state index in [2.05, 4.69) is 21.8 Å². The fourth-order valence-corrected chi connectivity index (χ4v) is 3.11. The van der Waals surface area contributed by atoms with Crippen LogP contribution in [0, 0.1) is 0 Å². The van der Waals surface area contributed by atoms with Gasteiger partial charge in [-0.15, -0.1) is 0 Å². The Morgan fingerprint density at radius 3 is 2.50 bits per heavy atom. The molecular weight excluding hydrogens is 381 g/mol. The van der Waals surface area contributed by atoms with Crippen LogP contribution in [0.3, 0.4) is 0 Å². The fourth-order valence-electron chi connectivity index (χ4n) is 1.73. The standard InChI is InChI=1S/C13H8AsCl3N2O/c14-13-8(2-1-7(19-13)5-11(18)20)9-3-6(15)4-10(16)12(9)17/h1-4H,5H2,(H2,18,20). The van der Waals surface area contributed by atoms with E-state index in [1.165, 1.54) is 0 Å². The zero-order chi connectivity index (χ0) is 14.9. The predicted octanol–water partition coefficient (Wildman–Crippen LogP) is 2.53. The second kappa shape index (κ2) is 6.36. The number of halogens is 3. The van der Waals surface area contributed by atoms with Gasteiger partial charge in [-0.2, -0.15) is 0 Å². The molecule has 2 radical (unpaired) electrons.